The van der Waals surface area contributed by atoms with Gasteiger partial charge in [0.2, 0.25) is 15.9 Å². The van der Waals surface area contributed by atoms with Gasteiger partial charge < -0.3 is 14.5 Å². The van der Waals surface area contributed by atoms with Crippen LogP contribution in [0.25, 0.3) is 0 Å². The molecule has 0 bridgehead atoms. The quantitative estimate of drug-likeness (QED) is 0.550. The smallest absolute Gasteiger partial charge is 0.410 e. The SMILES string of the molecule is CC1CN(CC(=O)N2CC(C)(C)c3cc(Br)c(S(=O)(=O)N(C)C)cc32)CCN1C(=O)OC(C)(C)C. The Balaban J connectivity index is 1.78. The number of amides is 2. The molecule has 3 rings (SSSR count). The van der Waals surface area contributed by atoms with Crippen molar-refractivity contribution in [3.05, 3.63) is 22.2 Å². The summed E-state index contributed by atoms with van der Waals surface area (Å²) >= 11 is 3.42. The second-order valence-electron chi connectivity index (χ2n) is 11.2. The molecule has 2 heterocycles. The molecule has 2 amide bonds. The van der Waals surface area contributed by atoms with E-state index >= 15 is 0 Å². The fourth-order valence-corrected chi connectivity index (χ4v) is 6.45. The maximum atomic E-state index is 13.5. The summed E-state index contributed by atoms with van der Waals surface area (Å²) in [4.78, 5) is 31.5. The normalized spacial score (nSPS) is 20.8. The maximum Gasteiger partial charge on any atom is 0.410 e. The van der Waals surface area contributed by atoms with E-state index in [0.717, 1.165) is 9.87 Å². The molecule has 196 valence electrons. The van der Waals surface area contributed by atoms with Crippen molar-refractivity contribution < 1.29 is 22.7 Å². The van der Waals surface area contributed by atoms with Crippen molar-refractivity contribution in [2.24, 2.45) is 0 Å². The first kappa shape index (κ1) is 27.9. The Bertz CT molecular complexity index is 1110. The van der Waals surface area contributed by atoms with Crippen molar-refractivity contribution in [2.75, 3.05) is 51.7 Å². The summed E-state index contributed by atoms with van der Waals surface area (Å²) in [6.45, 7) is 13.8. The van der Waals surface area contributed by atoms with Crippen molar-refractivity contribution >= 4 is 43.6 Å². The molecule has 11 heteroatoms. The highest BCUT2D eigenvalue weighted by Gasteiger charge is 2.41. The summed E-state index contributed by atoms with van der Waals surface area (Å²) < 4.78 is 32.9. The lowest BCUT2D eigenvalue weighted by atomic mass is 9.87. The van der Waals surface area contributed by atoms with Crippen molar-refractivity contribution in [1.82, 2.24) is 14.1 Å². The van der Waals surface area contributed by atoms with E-state index in [2.05, 4.69) is 15.9 Å². The summed E-state index contributed by atoms with van der Waals surface area (Å²) in [5, 5.41) is 0. The van der Waals surface area contributed by atoms with Crippen LogP contribution in [0.2, 0.25) is 0 Å². The molecular formula is C24H37BrN4O5S. The van der Waals surface area contributed by atoms with Gasteiger partial charge in [-0.05, 0) is 61.3 Å². The zero-order valence-electron chi connectivity index (χ0n) is 21.9. The minimum atomic E-state index is -3.69. The summed E-state index contributed by atoms with van der Waals surface area (Å²) in [7, 11) is -0.717. The van der Waals surface area contributed by atoms with Gasteiger partial charge in [-0.1, -0.05) is 13.8 Å². The molecule has 1 fully saturated rings. The molecule has 0 N–H and O–H groups in total. The molecule has 0 saturated carbocycles. The average Bonchev–Trinajstić information content (AvgIpc) is 2.96. The molecule has 0 spiro atoms. The maximum absolute atomic E-state index is 13.5. The molecule has 9 nitrogen and oxygen atoms in total. The Morgan fingerprint density at radius 2 is 1.83 bits per heavy atom. The third kappa shape index (κ3) is 5.84. The van der Waals surface area contributed by atoms with Gasteiger partial charge in [0.25, 0.3) is 0 Å². The minimum absolute atomic E-state index is 0.0923. The first-order valence-corrected chi connectivity index (χ1v) is 14.0. The van der Waals surface area contributed by atoms with Crippen LogP contribution in [0, 0.1) is 0 Å². The van der Waals surface area contributed by atoms with Crippen molar-refractivity contribution in [3.8, 4) is 0 Å². The fourth-order valence-electron chi connectivity index (χ4n) is 4.54. The van der Waals surface area contributed by atoms with Crippen molar-refractivity contribution in [2.45, 2.75) is 63.5 Å². The number of sulfonamides is 1. The number of anilines is 1. The van der Waals surface area contributed by atoms with Gasteiger partial charge in [0.05, 0.1) is 11.4 Å². The third-order valence-electron chi connectivity index (χ3n) is 6.38. The first-order valence-electron chi connectivity index (χ1n) is 11.7. The standard InChI is InChI=1S/C24H37BrN4O5S/c1-16-13-27(9-10-28(16)22(31)34-23(2,3)4)14-21(30)29-15-24(5,6)17-11-18(25)20(12-19(17)29)35(32,33)26(7)8/h11-12,16H,9-10,13-15H2,1-8H3. The number of benzene rings is 1. The fraction of sp³-hybridized carbons (Fsp3) is 0.667. The summed E-state index contributed by atoms with van der Waals surface area (Å²) in [6, 6.07) is 3.33. The number of nitrogens with zero attached hydrogens (tertiary/aromatic N) is 4. The predicted molar refractivity (Wildman–Crippen MR) is 139 cm³/mol. The number of carbonyl (C=O) groups excluding carboxylic acids is 2. The molecule has 1 saturated heterocycles. The van der Waals surface area contributed by atoms with Gasteiger partial charge in [-0.2, -0.15) is 0 Å². The highest BCUT2D eigenvalue weighted by atomic mass is 79.9. The van der Waals surface area contributed by atoms with Gasteiger partial charge >= 0.3 is 6.09 Å². The van der Waals surface area contributed by atoms with Crippen LogP contribution in [-0.4, -0.2) is 93.0 Å². The van der Waals surface area contributed by atoms with Crippen molar-refractivity contribution in [3.63, 3.8) is 0 Å². The Labute approximate surface area is 217 Å². The van der Waals surface area contributed by atoms with Crippen LogP contribution in [0.15, 0.2) is 21.5 Å². The molecule has 2 aliphatic heterocycles. The molecular weight excluding hydrogens is 536 g/mol. The highest BCUT2D eigenvalue weighted by Crippen LogP contribution is 2.44. The van der Waals surface area contributed by atoms with Gasteiger partial charge in [-0.3, -0.25) is 9.69 Å². The van der Waals surface area contributed by atoms with Crippen molar-refractivity contribution in [1.29, 1.82) is 0 Å². The molecule has 1 aromatic rings. The zero-order chi connectivity index (χ0) is 26.5. The second-order valence-corrected chi connectivity index (χ2v) is 14.2. The number of halogens is 1. The predicted octanol–water partition coefficient (Wildman–Crippen LogP) is 3.26. The minimum Gasteiger partial charge on any atom is -0.444 e. The number of rotatable bonds is 4. The van der Waals surface area contributed by atoms with Crippen LogP contribution in [0.1, 0.15) is 47.1 Å². The Hall–Kier alpha value is -1.69. The molecule has 1 unspecified atom stereocenters. The first-order chi connectivity index (χ1) is 15.9. The lowest BCUT2D eigenvalue weighted by Gasteiger charge is -2.40. The molecule has 0 aromatic heterocycles. The molecule has 35 heavy (non-hydrogen) atoms. The number of hydrogen-bond acceptors (Lipinski definition) is 6. The van der Waals surface area contributed by atoms with E-state index in [9.17, 15) is 18.0 Å². The Morgan fingerprint density at radius 1 is 1.20 bits per heavy atom. The number of carbonyl (C=O) groups is 2. The molecule has 0 radical (unpaired) electrons. The highest BCUT2D eigenvalue weighted by molar-refractivity contribution is 9.10. The van der Waals surface area contributed by atoms with E-state index in [1.807, 2.05) is 52.5 Å². The van der Waals surface area contributed by atoms with E-state index in [1.54, 1.807) is 15.9 Å². The van der Waals surface area contributed by atoms with Gasteiger partial charge in [-0.15, -0.1) is 0 Å². The lowest BCUT2D eigenvalue weighted by Crippen LogP contribution is -2.56. The topological polar surface area (TPSA) is 90.5 Å². The van der Waals surface area contributed by atoms with E-state index in [0.29, 0.717) is 36.3 Å². The Morgan fingerprint density at radius 3 is 2.37 bits per heavy atom. The van der Waals surface area contributed by atoms with E-state index in [-0.39, 0.29) is 34.9 Å². The number of hydrogen-bond donors (Lipinski definition) is 0. The number of ether oxygens (including phenoxy) is 1. The summed E-state index contributed by atoms with van der Waals surface area (Å²) in [6.07, 6.45) is -0.341. The summed E-state index contributed by atoms with van der Waals surface area (Å²) in [5.41, 5.74) is 0.673. The van der Waals surface area contributed by atoms with E-state index in [4.69, 9.17) is 4.74 Å². The monoisotopic (exact) mass is 572 g/mol. The molecule has 1 atom stereocenters. The second kappa shape index (κ2) is 9.64. The molecule has 1 aromatic carbocycles. The largest absolute Gasteiger partial charge is 0.444 e. The van der Waals surface area contributed by atoms with Crippen LogP contribution in [0.3, 0.4) is 0 Å². The van der Waals surface area contributed by atoms with Crippen LogP contribution in [0.5, 0.6) is 0 Å². The van der Waals surface area contributed by atoms with Crippen LogP contribution in [0.4, 0.5) is 10.5 Å². The number of fused-ring (bicyclic) bond motifs is 1. The van der Waals surface area contributed by atoms with Crippen LogP contribution in [-0.2, 0) is 25.0 Å². The van der Waals surface area contributed by atoms with Gasteiger partial charge in [0, 0.05) is 61.9 Å². The van der Waals surface area contributed by atoms with E-state index < -0.39 is 15.6 Å². The third-order valence-corrected chi connectivity index (χ3v) is 9.16. The summed E-state index contributed by atoms with van der Waals surface area (Å²) in [5.74, 6) is -0.0923. The molecule has 0 aliphatic carbocycles. The van der Waals surface area contributed by atoms with Gasteiger partial charge in [-0.25, -0.2) is 17.5 Å². The van der Waals surface area contributed by atoms with Crippen LogP contribution < -0.4 is 4.90 Å². The Kier molecular flexibility index (Phi) is 7.68. The molecule has 2 aliphatic rings. The van der Waals surface area contributed by atoms with Gasteiger partial charge in [0.1, 0.15) is 5.60 Å². The average molecular weight is 574 g/mol. The lowest BCUT2D eigenvalue weighted by molar-refractivity contribution is -0.120. The van der Waals surface area contributed by atoms with E-state index in [1.165, 1.54) is 14.1 Å². The van der Waals surface area contributed by atoms with Crippen LogP contribution >= 0.6 is 15.9 Å². The zero-order valence-corrected chi connectivity index (χ0v) is 24.3. The van der Waals surface area contributed by atoms with Gasteiger partial charge in [0.15, 0.2) is 0 Å². The number of piperazine rings is 1.